The minimum atomic E-state index is 1.14. The molecule has 32 heavy (non-hydrogen) atoms. The van der Waals surface area contributed by atoms with E-state index in [1.807, 2.05) is 0 Å². The van der Waals surface area contributed by atoms with E-state index in [4.69, 9.17) is 0 Å². The molecule has 7 rings (SSSR count). The Morgan fingerprint density at radius 1 is 0.438 bits per heavy atom. The maximum Gasteiger partial charge on any atom is -0.00204 e. The number of allylic oxidation sites excluding steroid dienone is 4. The zero-order valence-electron chi connectivity index (χ0n) is 17.8. The van der Waals surface area contributed by atoms with Crippen LogP contribution in [0.5, 0.6) is 0 Å². The van der Waals surface area contributed by atoms with Crippen LogP contribution in [0, 0.1) is 0 Å². The Morgan fingerprint density at radius 2 is 1.12 bits per heavy atom. The molecule has 0 N–H and O–H groups in total. The molecule has 0 saturated heterocycles. The van der Waals surface area contributed by atoms with Crippen molar-refractivity contribution in [1.29, 1.82) is 0 Å². The van der Waals surface area contributed by atoms with Crippen LogP contribution in [0.4, 0.5) is 0 Å². The van der Waals surface area contributed by atoms with Crippen molar-refractivity contribution in [2.24, 2.45) is 0 Å². The zero-order chi connectivity index (χ0) is 21.1. The van der Waals surface area contributed by atoms with Crippen LogP contribution in [0.1, 0.15) is 24.0 Å². The Hall–Kier alpha value is -3.90. The predicted molar refractivity (Wildman–Crippen MR) is 138 cm³/mol. The second-order valence-corrected chi connectivity index (χ2v) is 8.84. The minimum Gasteiger partial charge on any atom is -0.0757 e. The van der Waals surface area contributed by atoms with Gasteiger partial charge in [0.15, 0.2) is 0 Å². The number of rotatable bonds is 2. The van der Waals surface area contributed by atoms with Gasteiger partial charge in [0.1, 0.15) is 0 Å². The predicted octanol–water partition coefficient (Wildman–Crippen LogP) is 8.90. The van der Waals surface area contributed by atoms with Gasteiger partial charge in [0.2, 0.25) is 0 Å². The number of benzene rings is 5. The van der Waals surface area contributed by atoms with E-state index >= 15 is 0 Å². The summed E-state index contributed by atoms with van der Waals surface area (Å²) in [7, 11) is 0. The fourth-order valence-corrected chi connectivity index (χ4v) is 5.53. The van der Waals surface area contributed by atoms with Gasteiger partial charge in [-0.15, -0.1) is 0 Å². The molecule has 0 heterocycles. The summed E-state index contributed by atoms with van der Waals surface area (Å²) in [6.45, 7) is 0. The molecule has 0 aromatic heterocycles. The molecule has 0 heteroatoms. The summed E-state index contributed by atoms with van der Waals surface area (Å²) in [6, 6.07) is 35.8. The molecule has 5 aromatic rings. The standard InChI is InChI=1S/C32H22/c1-2-8-22-19-24(16-15-21(22)7-1)23-9-5-10-25(20-23)26-17-18-31-28-12-4-3-11-27(28)30-14-6-13-29(26)32(30)31/h1-2,5-20H,3-4H2. The second-order valence-electron chi connectivity index (χ2n) is 8.84. The molecule has 0 aliphatic heterocycles. The van der Waals surface area contributed by atoms with Crippen LogP contribution >= 0.6 is 0 Å². The van der Waals surface area contributed by atoms with Gasteiger partial charge in [0.25, 0.3) is 0 Å². The van der Waals surface area contributed by atoms with E-state index in [0.29, 0.717) is 0 Å². The molecule has 0 amide bonds. The van der Waals surface area contributed by atoms with Gasteiger partial charge in [0, 0.05) is 0 Å². The molecule has 150 valence electrons. The first-order valence-corrected chi connectivity index (χ1v) is 11.4. The van der Waals surface area contributed by atoms with Crippen molar-refractivity contribution >= 4 is 32.7 Å². The van der Waals surface area contributed by atoms with Crippen LogP contribution in [-0.2, 0) is 0 Å². The lowest BCUT2D eigenvalue weighted by molar-refractivity contribution is 1.05. The van der Waals surface area contributed by atoms with Gasteiger partial charge in [0.05, 0.1) is 0 Å². The lowest BCUT2D eigenvalue weighted by Gasteiger charge is -2.11. The Morgan fingerprint density at radius 3 is 2.00 bits per heavy atom. The highest BCUT2D eigenvalue weighted by Crippen LogP contribution is 2.49. The van der Waals surface area contributed by atoms with Crippen molar-refractivity contribution in [3.05, 3.63) is 120 Å². The summed E-state index contributed by atoms with van der Waals surface area (Å²) < 4.78 is 0. The fraction of sp³-hybridized carbons (Fsp3) is 0.0625. The quantitative estimate of drug-likeness (QED) is 0.274. The van der Waals surface area contributed by atoms with Crippen molar-refractivity contribution in [3.8, 4) is 22.3 Å². The highest BCUT2D eigenvalue weighted by Gasteiger charge is 2.26. The molecular weight excluding hydrogens is 384 g/mol. The van der Waals surface area contributed by atoms with Crippen molar-refractivity contribution < 1.29 is 0 Å². The number of hydrogen-bond acceptors (Lipinski definition) is 0. The van der Waals surface area contributed by atoms with E-state index in [1.54, 1.807) is 0 Å². The Bertz CT molecular complexity index is 1580. The lowest BCUT2D eigenvalue weighted by atomic mass is 9.92. The molecule has 0 nitrogen and oxygen atoms in total. The summed E-state index contributed by atoms with van der Waals surface area (Å²) in [6.07, 6.45) is 7.13. The number of fused-ring (bicyclic) bond motifs is 4. The molecule has 5 aromatic carbocycles. The third kappa shape index (κ3) is 2.56. The second kappa shape index (κ2) is 6.80. The van der Waals surface area contributed by atoms with E-state index in [0.717, 1.165) is 12.8 Å². The molecule has 0 bridgehead atoms. The summed E-state index contributed by atoms with van der Waals surface area (Å²) in [5, 5.41) is 5.34. The van der Waals surface area contributed by atoms with Gasteiger partial charge < -0.3 is 0 Å². The van der Waals surface area contributed by atoms with Gasteiger partial charge in [-0.25, -0.2) is 0 Å². The Balaban J connectivity index is 1.41. The number of hydrogen-bond donors (Lipinski definition) is 0. The van der Waals surface area contributed by atoms with E-state index in [-0.39, 0.29) is 0 Å². The van der Waals surface area contributed by atoms with Gasteiger partial charge in [-0.3, -0.25) is 0 Å². The van der Waals surface area contributed by atoms with E-state index < -0.39 is 0 Å². The monoisotopic (exact) mass is 406 g/mol. The third-order valence-electron chi connectivity index (χ3n) is 7.03. The first-order valence-electron chi connectivity index (χ1n) is 11.4. The Labute approximate surface area is 188 Å². The molecule has 0 atom stereocenters. The molecule has 0 unspecified atom stereocenters. The summed E-state index contributed by atoms with van der Waals surface area (Å²) >= 11 is 0. The normalized spacial score (nSPS) is 14.4. The van der Waals surface area contributed by atoms with E-state index in [9.17, 15) is 0 Å². The Kier molecular flexibility index (Phi) is 3.77. The molecule has 0 spiro atoms. The van der Waals surface area contributed by atoms with Crippen LogP contribution in [0.2, 0.25) is 0 Å². The maximum atomic E-state index is 2.42. The molecular formula is C32H22. The van der Waals surface area contributed by atoms with Gasteiger partial charge in [-0.2, -0.15) is 0 Å². The average molecular weight is 407 g/mol. The van der Waals surface area contributed by atoms with Crippen molar-refractivity contribution in [2.75, 3.05) is 0 Å². The lowest BCUT2D eigenvalue weighted by Crippen LogP contribution is -1.87. The summed E-state index contributed by atoms with van der Waals surface area (Å²) in [4.78, 5) is 0. The van der Waals surface area contributed by atoms with Crippen LogP contribution in [-0.4, -0.2) is 0 Å². The smallest absolute Gasteiger partial charge is 0.00204 e. The van der Waals surface area contributed by atoms with E-state index in [1.165, 1.54) is 66.1 Å². The minimum absolute atomic E-state index is 1.14. The SMILES string of the molecule is C1=C2C(=CCC1)c1ccc(-c3cccc(-c4ccc5ccccc5c4)c3)c3cccc2c13. The fourth-order valence-electron chi connectivity index (χ4n) is 5.53. The van der Waals surface area contributed by atoms with Gasteiger partial charge in [-0.1, -0.05) is 97.1 Å². The van der Waals surface area contributed by atoms with Gasteiger partial charge >= 0.3 is 0 Å². The van der Waals surface area contributed by atoms with Gasteiger partial charge in [-0.05, 0) is 91.0 Å². The highest BCUT2D eigenvalue weighted by atomic mass is 14.3. The molecule has 0 saturated carbocycles. The molecule has 0 fully saturated rings. The van der Waals surface area contributed by atoms with Crippen molar-refractivity contribution in [2.45, 2.75) is 12.8 Å². The molecule has 2 aliphatic rings. The topological polar surface area (TPSA) is 0 Å². The zero-order valence-corrected chi connectivity index (χ0v) is 17.8. The highest BCUT2D eigenvalue weighted by molar-refractivity contribution is 6.24. The van der Waals surface area contributed by atoms with Crippen LogP contribution in [0.25, 0.3) is 54.9 Å². The average Bonchev–Trinajstić information content (AvgIpc) is 3.20. The van der Waals surface area contributed by atoms with Crippen LogP contribution in [0.15, 0.2) is 109 Å². The third-order valence-corrected chi connectivity index (χ3v) is 7.03. The van der Waals surface area contributed by atoms with E-state index in [2.05, 4.69) is 109 Å². The first kappa shape index (κ1) is 17.7. The summed E-state index contributed by atoms with van der Waals surface area (Å²) in [5.41, 5.74) is 10.8. The maximum absolute atomic E-state index is 2.42. The van der Waals surface area contributed by atoms with Crippen molar-refractivity contribution in [3.63, 3.8) is 0 Å². The first-order chi connectivity index (χ1) is 15.9. The van der Waals surface area contributed by atoms with Crippen molar-refractivity contribution in [1.82, 2.24) is 0 Å². The van der Waals surface area contributed by atoms with Crippen LogP contribution < -0.4 is 0 Å². The molecule has 0 radical (unpaired) electrons. The summed E-state index contributed by atoms with van der Waals surface area (Å²) in [5.74, 6) is 0. The van der Waals surface area contributed by atoms with Crippen LogP contribution in [0.3, 0.4) is 0 Å². The largest absolute Gasteiger partial charge is 0.0757 e. The molecule has 2 aliphatic carbocycles.